The maximum Gasteiger partial charge on any atom is 0.318 e. The standard InChI is InChI=1S/C32H40N6O3/c1-3-25(21-35-12-7-8-13-35)41-32-33-28-22-38(29-20-24(39)19-23-9-5-6-10-26(23)29)14-11-27(28)31(34-32)37-17-15-36(16-18-37)30(40)4-2/h4-6,9-10,19-20,25,39H,2-3,7-8,11-18,21-22H2,1H3/t25-/m1/s1. The molecule has 3 aromatic rings. The quantitative estimate of drug-likeness (QED) is 0.417. The summed E-state index contributed by atoms with van der Waals surface area (Å²) in [5, 5.41) is 12.6. The minimum atomic E-state index is -0.0277. The van der Waals surface area contributed by atoms with Gasteiger partial charge in [0.1, 0.15) is 17.7 Å². The number of piperazine rings is 1. The van der Waals surface area contributed by atoms with E-state index in [1.165, 1.54) is 18.9 Å². The number of fused-ring (bicyclic) bond motifs is 2. The lowest BCUT2D eigenvalue weighted by Crippen LogP contribution is -2.49. The molecule has 216 valence electrons. The van der Waals surface area contributed by atoms with Gasteiger partial charge in [0.25, 0.3) is 0 Å². The maximum atomic E-state index is 12.2. The van der Waals surface area contributed by atoms with Gasteiger partial charge in [0.2, 0.25) is 5.91 Å². The van der Waals surface area contributed by atoms with Crippen LogP contribution in [-0.2, 0) is 17.8 Å². The van der Waals surface area contributed by atoms with Crippen LogP contribution in [0.25, 0.3) is 10.8 Å². The number of rotatable bonds is 8. The smallest absolute Gasteiger partial charge is 0.318 e. The van der Waals surface area contributed by atoms with Crippen molar-refractivity contribution in [1.29, 1.82) is 0 Å². The fourth-order valence-electron chi connectivity index (χ4n) is 6.36. The van der Waals surface area contributed by atoms with Crippen molar-refractivity contribution >= 4 is 28.2 Å². The first kappa shape index (κ1) is 27.3. The molecule has 0 radical (unpaired) electrons. The molecule has 2 aromatic carbocycles. The summed E-state index contributed by atoms with van der Waals surface area (Å²) in [6.45, 7) is 13.0. The van der Waals surface area contributed by atoms with Crippen LogP contribution < -0.4 is 14.5 Å². The zero-order valence-corrected chi connectivity index (χ0v) is 24.0. The van der Waals surface area contributed by atoms with E-state index in [1.807, 2.05) is 35.2 Å². The van der Waals surface area contributed by atoms with Gasteiger partial charge >= 0.3 is 6.01 Å². The highest BCUT2D eigenvalue weighted by molar-refractivity contribution is 5.95. The number of nitrogens with zero attached hydrogens (tertiary/aromatic N) is 6. The van der Waals surface area contributed by atoms with Crippen LogP contribution in [-0.4, -0.2) is 89.2 Å². The van der Waals surface area contributed by atoms with Gasteiger partial charge in [-0.05, 0) is 56.3 Å². The summed E-state index contributed by atoms with van der Waals surface area (Å²) in [6.07, 6.45) is 5.57. The van der Waals surface area contributed by atoms with E-state index in [4.69, 9.17) is 14.7 Å². The second-order valence-electron chi connectivity index (χ2n) is 11.3. The van der Waals surface area contributed by atoms with E-state index in [-0.39, 0.29) is 17.8 Å². The number of aromatic hydroxyl groups is 1. The Hall–Kier alpha value is -3.85. The van der Waals surface area contributed by atoms with Gasteiger partial charge in [0, 0.05) is 62.0 Å². The van der Waals surface area contributed by atoms with E-state index in [2.05, 4.69) is 34.3 Å². The minimum absolute atomic E-state index is 0.0239. The summed E-state index contributed by atoms with van der Waals surface area (Å²) in [6, 6.07) is 12.3. The third-order valence-electron chi connectivity index (χ3n) is 8.64. The Morgan fingerprint density at radius 2 is 1.83 bits per heavy atom. The van der Waals surface area contributed by atoms with Crippen molar-refractivity contribution in [3.63, 3.8) is 0 Å². The molecule has 9 nitrogen and oxygen atoms in total. The Morgan fingerprint density at radius 3 is 2.59 bits per heavy atom. The molecule has 41 heavy (non-hydrogen) atoms. The second-order valence-corrected chi connectivity index (χ2v) is 11.3. The summed E-state index contributed by atoms with van der Waals surface area (Å²) in [4.78, 5) is 31.1. The largest absolute Gasteiger partial charge is 0.508 e. The van der Waals surface area contributed by atoms with Crippen LogP contribution in [0.2, 0.25) is 0 Å². The third kappa shape index (κ3) is 5.81. The maximum absolute atomic E-state index is 12.2. The minimum Gasteiger partial charge on any atom is -0.508 e. The summed E-state index contributed by atoms with van der Waals surface area (Å²) < 4.78 is 6.50. The van der Waals surface area contributed by atoms with Crippen molar-refractivity contribution in [1.82, 2.24) is 19.8 Å². The zero-order valence-electron chi connectivity index (χ0n) is 24.0. The van der Waals surface area contributed by atoms with Crippen LogP contribution in [0, 0.1) is 0 Å². The molecule has 0 aliphatic carbocycles. The molecule has 1 atom stereocenters. The molecule has 3 aliphatic heterocycles. The molecular weight excluding hydrogens is 516 g/mol. The lowest BCUT2D eigenvalue weighted by Gasteiger charge is -2.38. The van der Waals surface area contributed by atoms with E-state index in [1.54, 1.807) is 0 Å². The molecule has 0 unspecified atom stereocenters. The first-order chi connectivity index (χ1) is 20.0. The molecule has 9 heteroatoms. The SMILES string of the molecule is C=CC(=O)N1CCN(c2nc(O[C@H](CC)CN3CCCC3)nc3c2CCN(c2cc(O)cc4ccccc24)C3)CC1. The molecule has 0 saturated carbocycles. The number of phenolic OH excluding ortho intramolecular Hbond substituents is 1. The van der Waals surface area contributed by atoms with Gasteiger partial charge in [-0.25, -0.2) is 0 Å². The zero-order chi connectivity index (χ0) is 28.3. The Bertz CT molecular complexity index is 1410. The summed E-state index contributed by atoms with van der Waals surface area (Å²) >= 11 is 0. The third-order valence-corrected chi connectivity index (χ3v) is 8.64. The van der Waals surface area contributed by atoms with Crippen LogP contribution in [0.4, 0.5) is 11.5 Å². The molecule has 0 bridgehead atoms. The highest BCUT2D eigenvalue weighted by atomic mass is 16.5. The topological polar surface area (TPSA) is 85.3 Å². The average molecular weight is 557 g/mol. The first-order valence-corrected chi connectivity index (χ1v) is 14.9. The monoisotopic (exact) mass is 556 g/mol. The molecule has 2 saturated heterocycles. The van der Waals surface area contributed by atoms with Gasteiger partial charge in [-0.1, -0.05) is 37.8 Å². The van der Waals surface area contributed by atoms with Crippen molar-refractivity contribution < 1.29 is 14.6 Å². The highest BCUT2D eigenvalue weighted by Gasteiger charge is 2.30. The van der Waals surface area contributed by atoms with Crippen molar-refractivity contribution in [2.45, 2.75) is 45.3 Å². The fraction of sp³-hybridized carbons (Fsp3) is 0.469. The second kappa shape index (κ2) is 11.9. The van der Waals surface area contributed by atoms with E-state index in [0.717, 1.165) is 72.6 Å². The molecule has 1 N–H and O–H groups in total. The van der Waals surface area contributed by atoms with Gasteiger partial charge in [0.05, 0.1) is 12.2 Å². The van der Waals surface area contributed by atoms with Crippen molar-refractivity contribution in [3.8, 4) is 11.8 Å². The number of carbonyl (C=O) groups is 1. The van der Waals surface area contributed by atoms with E-state index >= 15 is 0 Å². The Morgan fingerprint density at radius 1 is 1.05 bits per heavy atom. The van der Waals surface area contributed by atoms with Gasteiger partial charge < -0.3 is 24.5 Å². The predicted molar refractivity (Wildman–Crippen MR) is 162 cm³/mol. The Balaban J connectivity index is 1.32. The number of amides is 1. The van der Waals surface area contributed by atoms with Crippen LogP contribution in [0.1, 0.15) is 37.4 Å². The van der Waals surface area contributed by atoms with Crippen molar-refractivity contribution in [2.75, 3.05) is 62.2 Å². The van der Waals surface area contributed by atoms with Gasteiger partial charge in [-0.15, -0.1) is 0 Å². The molecule has 0 spiro atoms. The lowest BCUT2D eigenvalue weighted by atomic mass is 10.0. The number of carbonyl (C=O) groups excluding carboxylic acids is 1. The van der Waals surface area contributed by atoms with E-state index in [0.29, 0.717) is 38.7 Å². The van der Waals surface area contributed by atoms with E-state index < -0.39 is 0 Å². The van der Waals surface area contributed by atoms with Gasteiger partial charge in [-0.3, -0.25) is 9.69 Å². The normalized spacial score (nSPS) is 18.4. The average Bonchev–Trinajstić information content (AvgIpc) is 3.52. The number of benzene rings is 2. The molecule has 6 rings (SSSR count). The number of aromatic nitrogens is 2. The van der Waals surface area contributed by atoms with Gasteiger partial charge in [0.15, 0.2) is 0 Å². The van der Waals surface area contributed by atoms with E-state index in [9.17, 15) is 9.90 Å². The molecule has 4 heterocycles. The Kier molecular flexibility index (Phi) is 7.96. The van der Waals surface area contributed by atoms with Gasteiger partial charge in [-0.2, -0.15) is 9.97 Å². The number of hydrogen-bond acceptors (Lipinski definition) is 8. The molecule has 3 aliphatic rings. The van der Waals surface area contributed by atoms with Crippen LogP contribution in [0.3, 0.4) is 0 Å². The molecule has 1 aromatic heterocycles. The molecular formula is C32H40N6O3. The molecule has 1 amide bonds. The van der Waals surface area contributed by atoms with Crippen LogP contribution >= 0.6 is 0 Å². The number of anilines is 2. The van der Waals surface area contributed by atoms with Crippen LogP contribution in [0.15, 0.2) is 49.1 Å². The number of ether oxygens (including phenoxy) is 1. The van der Waals surface area contributed by atoms with Crippen molar-refractivity contribution in [3.05, 3.63) is 60.3 Å². The van der Waals surface area contributed by atoms with Crippen LogP contribution in [0.5, 0.6) is 11.8 Å². The van der Waals surface area contributed by atoms with Crippen molar-refractivity contribution in [2.24, 2.45) is 0 Å². The lowest BCUT2D eigenvalue weighted by molar-refractivity contribution is -0.126. The first-order valence-electron chi connectivity index (χ1n) is 14.9. The fourth-order valence-corrected chi connectivity index (χ4v) is 6.36. The summed E-state index contributed by atoms with van der Waals surface area (Å²) in [5.74, 6) is 1.16. The molecule has 2 fully saturated rings. The predicted octanol–water partition coefficient (Wildman–Crippen LogP) is 3.99. The highest BCUT2D eigenvalue weighted by Crippen LogP contribution is 2.36. The summed E-state index contributed by atoms with van der Waals surface area (Å²) in [5.41, 5.74) is 3.12. The Labute approximate surface area is 242 Å². The number of phenols is 1. The number of hydrogen-bond donors (Lipinski definition) is 1. The summed E-state index contributed by atoms with van der Waals surface area (Å²) in [7, 11) is 0. The number of likely N-dealkylation sites (tertiary alicyclic amines) is 1.